The summed E-state index contributed by atoms with van der Waals surface area (Å²) in [5, 5.41) is 2.59. The number of ether oxygens (including phenoxy) is 2. The van der Waals surface area contributed by atoms with E-state index in [4.69, 9.17) is 9.47 Å². The highest BCUT2D eigenvalue weighted by atomic mass is 16.5. The number of carbonyl (C=O) groups excluding carboxylic acids is 2. The van der Waals surface area contributed by atoms with E-state index in [-0.39, 0.29) is 5.97 Å². The van der Waals surface area contributed by atoms with Crippen LogP contribution in [-0.2, 0) is 14.3 Å². The molecule has 0 aromatic heterocycles. The third kappa shape index (κ3) is 11.2. The van der Waals surface area contributed by atoms with E-state index in [0.29, 0.717) is 38.5 Å². The minimum absolute atomic E-state index is 0.208. The van der Waals surface area contributed by atoms with Gasteiger partial charge in [-0.05, 0) is 18.8 Å². The lowest BCUT2D eigenvalue weighted by molar-refractivity contribution is -0.143. The maximum Gasteiger partial charge on any atom is 0.407 e. The molecule has 0 radical (unpaired) electrons. The van der Waals surface area contributed by atoms with Crippen LogP contribution in [0.2, 0.25) is 0 Å². The average molecular weight is 259 g/mol. The SMILES string of the molecule is CCCCOC(=O)CCCNC(=O)OCC(C)C. The van der Waals surface area contributed by atoms with E-state index in [1.807, 2.05) is 20.8 Å². The molecule has 5 heteroatoms. The van der Waals surface area contributed by atoms with E-state index in [9.17, 15) is 9.59 Å². The Balaban J connectivity index is 3.38. The van der Waals surface area contributed by atoms with Gasteiger partial charge in [-0.25, -0.2) is 4.79 Å². The highest BCUT2D eigenvalue weighted by Crippen LogP contribution is 1.96. The molecule has 1 N–H and O–H groups in total. The van der Waals surface area contributed by atoms with Crippen LogP contribution in [0.15, 0.2) is 0 Å². The highest BCUT2D eigenvalue weighted by Gasteiger charge is 2.05. The minimum atomic E-state index is -0.428. The molecule has 0 aliphatic heterocycles. The Labute approximate surface area is 109 Å². The standard InChI is InChI=1S/C13H25NO4/c1-4-5-9-17-12(15)7-6-8-14-13(16)18-10-11(2)3/h11H,4-10H2,1-3H3,(H,14,16). The first kappa shape index (κ1) is 16.7. The molecule has 106 valence electrons. The summed E-state index contributed by atoms with van der Waals surface area (Å²) in [6.45, 7) is 7.31. The summed E-state index contributed by atoms with van der Waals surface area (Å²) in [6, 6.07) is 0. The van der Waals surface area contributed by atoms with Crippen LogP contribution in [0.25, 0.3) is 0 Å². The predicted molar refractivity (Wildman–Crippen MR) is 69.3 cm³/mol. The van der Waals surface area contributed by atoms with Gasteiger partial charge in [0.25, 0.3) is 0 Å². The zero-order chi connectivity index (χ0) is 13.8. The summed E-state index contributed by atoms with van der Waals surface area (Å²) in [6.07, 6.45) is 2.38. The fraction of sp³-hybridized carbons (Fsp3) is 0.846. The number of hydrogen-bond acceptors (Lipinski definition) is 4. The Morgan fingerprint density at radius 1 is 1.17 bits per heavy atom. The topological polar surface area (TPSA) is 64.6 Å². The van der Waals surface area contributed by atoms with Gasteiger partial charge in [0.2, 0.25) is 0 Å². The van der Waals surface area contributed by atoms with Crippen LogP contribution >= 0.6 is 0 Å². The predicted octanol–water partition coefficient (Wildman–Crippen LogP) is 2.49. The van der Waals surface area contributed by atoms with Crippen molar-refractivity contribution in [3.05, 3.63) is 0 Å². The number of alkyl carbamates (subject to hydrolysis) is 1. The monoisotopic (exact) mass is 259 g/mol. The molecular formula is C13H25NO4. The largest absolute Gasteiger partial charge is 0.466 e. The Morgan fingerprint density at radius 3 is 2.50 bits per heavy atom. The molecule has 0 aromatic carbocycles. The zero-order valence-electron chi connectivity index (χ0n) is 11.7. The minimum Gasteiger partial charge on any atom is -0.466 e. The van der Waals surface area contributed by atoms with Crippen molar-refractivity contribution in [3.8, 4) is 0 Å². The molecule has 0 unspecified atom stereocenters. The lowest BCUT2D eigenvalue weighted by Gasteiger charge is -2.08. The number of amides is 1. The van der Waals surface area contributed by atoms with Crippen LogP contribution in [0.1, 0.15) is 46.5 Å². The van der Waals surface area contributed by atoms with Gasteiger partial charge in [-0.3, -0.25) is 4.79 Å². The normalized spacial score (nSPS) is 10.2. The van der Waals surface area contributed by atoms with Gasteiger partial charge in [-0.2, -0.15) is 0 Å². The van der Waals surface area contributed by atoms with Crippen molar-refractivity contribution in [3.63, 3.8) is 0 Å². The van der Waals surface area contributed by atoms with Gasteiger partial charge < -0.3 is 14.8 Å². The van der Waals surface area contributed by atoms with Crippen molar-refractivity contribution in [2.24, 2.45) is 5.92 Å². The number of nitrogens with one attached hydrogen (secondary N) is 1. The van der Waals surface area contributed by atoms with E-state index < -0.39 is 6.09 Å². The molecule has 18 heavy (non-hydrogen) atoms. The van der Waals surface area contributed by atoms with E-state index in [0.717, 1.165) is 12.8 Å². The van der Waals surface area contributed by atoms with Crippen molar-refractivity contribution in [2.45, 2.75) is 46.5 Å². The number of rotatable bonds is 9. The first-order valence-electron chi connectivity index (χ1n) is 6.62. The second-order valence-corrected chi connectivity index (χ2v) is 4.60. The number of esters is 1. The summed E-state index contributed by atoms with van der Waals surface area (Å²) < 4.78 is 9.91. The van der Waals surface area contributed by atoms with Gasteiger partial charge in [0.05, 0.1) is 13.2 Å². The van der Waals surface area contributed by atoms with Crippen LogP contribution in [-0.4, -0.2) is 31.8 Å². The summed E-state index contributed by atoms with van der Waals surface area (Å²) >= 11 is 0. The molecule has 0 saturated carbocycles. The molecule has 0 aliphatic carbocycles. The molecular weight excluding hydrogens is 234 g/mol. The Kier molecular flexibility index (Phi) is 10.1. The van der Waals surface area contributed by atoms with Crippen molar-refractivity contribution in [1.82, 2.24) is 5.32 Å². The third-order valence-electron chi connectivity index (χ3n) is 2.14. The van der Waals surface area contributed by atoms with Crippen LogP contribution in [0.5, 0.6) is 0 Å². The maximum atomic E-state index is 11.2. The van der Waals surface area contributed by atoms with Gasteiger partial charge in [0.15, 0.2) is 0 Å². The Morgan fingerprint density at radius 2 is 1.89 bits per heavy atom. The summed E-state index contributed by atoms with van der Waals surface area (Å²) in [7, 11) is 0. The van der Waals surface area contributed by atoms with Gasteiger partial charge in [0, 0.05) is 13.0 Å². The van der Waals surface area contributed by atoms with Gasteiger partial charge in [0.1, 0.15) is 0 Å². The molecule has 5 nitrogen and oxygen atoms in total. The van der Waals surface area contributed by atoms with Crippen LogP contribution in [0.4, 0.5) is 4.79 Å². The molecule has 0 spiro atoms. The first-order valence-corrected chi connectivity index (χ1v) is 6.62. The van der Waals surface area contributed by atoms with Gasteiger partial charge in [-0.15, -0.1) is 0 Å². The second-order valence-electron chi connectivity index (χ2n) is 4.60. The van der Waals surface area contributed by atoms with Crippen LogP contribution in [0.3, 0.4) is 0 Å². The Hall–Kier alpha value is -1.26. The lowest BCUT2D eigenvalue weighted by Crippen LogP contribution is -2.27. The lowest BCUT2D eigenvalue weighted by atomic mass is 10.2. The van der Waals surface area contributed by atoms with Crippen LogP contribution < -0.4 is 5.32 Å². The first-order chi connectivity index (χ1) is 8.56. The quantitative estimate of drug-likeness (QED) is 0.510. The van der Waals surface area contributed by atoms with Crippen molar-refractivity contribution in [2.75, 3.05) is 19.8 Å². The molecule has 0 rings (SSSR count). The molecule has 0 aliphatic rings. The molecule has 0 heterocycles. The van der Waals surface area contributed by atoms with E-state index >= 15 is 0 Å². The zero-order valence-corrected chi connectivity index (χ0v) is 11.7. The van der Waals surface area contributed by atoms with Crippen molar-refractivity contribution < 1.29 is 19.1 Å². The number of carbonyl (C=O) groups is 2. The second kappa shape index (κ2) is 10.9. The van der Waals surface area contributed by atoms with E-state index in [1.54, 1.807) is 0 Å². The summed E-state index contributed by atoms with van der Waals surface area (Å²) in [5.74, 6) is 0.116. The van der Waals surface area contributed by atoms with E-state index in [1.165, 1.54) is 0 Å². The summed E-state index contributed by atoms with van der Waals surface area (Å²) in [5.41, 5.74) is 0. The fourth-order valence-electron chi connectivity index (χ4n) is 1.12. The van der Waals surface area contributed by atoms with Crippen molar-refractivity contribution in [1.29, 1.82) is 0 Å². The molecule has 1 amide bonds. The molecule has 0 saturated heterocycles. The van der Waals surface area contributed by atoms with Crippen molar-refractivity contribution >= 4 is 12.1 Å². The molecule has 0 bridgehead atoms. The smallest absolute Gasteiger partial charge is 0.407 e. The third-order valence-corrected chi connectivity index (χ3v) is 2.14. The summed E-state index contributed by atoms with van der Waals surface area (Å²) in [4.78, 5) is 22.4. The van der Waals surface area contributed by atoms with Crippen LogP contribution in [0, 0.1) is 5.92 Å². The molecule has 0 atom stereocenters. The van der Waals surface area contributed by atoms with Gasteiger partial charge in [-0.1, -0.05) is 27.2 Å². The van der Waals surface area contributed by atoms with E-state index in [2.05, 4.69) is 5.32 Å². The Bertz CT molecular complexity index is 241. The number of unbranched alkanes of at least 4 members (excludes halogenated alkanes) is 1. The molecule has 0 aromatic rings. The fourth-order valence-corrected chi connectivity index (χ4v) is 1.12. The van der Waals surface area contributed by atoms with Gasteiger partial charge >= 0.3 is 12.1 Å². The highest BCUT2D eigenvalue weighted by molar-refractivity contribution is 5.69. The molecule has 0 fully saturated rings. The number of hydrogen-bond donors (Lipinski definition) is 1. The maximum absolute atomic E-state index is 11.2. The average Bonchev–Trinajstić information content (AvgIpc) is 2.32.